The lowest BCUT2D eigenvalue weighted by Gasteiger charge is -2.34. The van der Waals surface area contributed by atoms with Crippen LogP contribution >= 0.6 is 0 Å². The van der Waals surface area contributed by atoms with Crippen LogP contribution in [0.25, 0.3) is 0 Å². The lowest BCUT2D eigenvalue weighted by Crippen LogP contribution is -2.51. The molecule has 26 heavy (non-hydrogen) atoms. The summed E-state index contributed by atoms with van der Waals surface area (Å²) in [6.45, 7) is -0.539. The highest BCUT2D eigenvalue weighted by Gasteiger charge is 2.60. The second-order valence-electron chi connectivity index (χ2n) is 7.45. The third kappa shape index (κ3) is 2.54. The van der Waals surface area contributed by atoms with Crippen LogP contribution in [0.5, 0.6) is 0 Å². The van der Waals surface area contributed by atoms with Gasteiger partial charge in [0.2, 0.25) is 0 Å². The fourth-order valence-corrected chi connectivity index (χ4v) is 5.69. The molecule has 144 valence electrons. The second-order valence-corrected chi connectivity index (χ2v) is 10.3. The summed E-state index contributed by atoms with van der Waals surface area (Å²) in [5.74, 6) is -1.18. The average Bonchev–Trinajstić information content (AvgIpc) is 3.26. The van der Waals surface area contributed by atoms with Crippen molar-refractivity contribution < 1.29 is 25.9 Å². The Hall–Kier alpha value is -1.94. The standard InChI is InChI=1S/C16H24N4O5S/c1-15(2,9-21)26(24,25)16(5-6-16)8-20-7-4-10-11(13(17)22)18-19(3)12(10)14(20)23/h21H,4-9H2,1-3H3,(H2,17,22)/i9D2. The predicted octanol–water partition coefficient (Wildman–Crippen LogP) is -0.764. The first-order valence-electron chi connectivity index (χ1n) is 9.28. The molecule has 1 aliphatic heterocycles. The van der Waals surface area contributed by atoms with Crippen LogP contribution < -0.4 is 5.73 Å². The van der Waals surface area contributed by atoms with E-state index in [-0.39, 0.29) is 37.3 Å². The summed E-state index contributed by atoms with van der Waals surface area (Å²) in [5, 5.41) is 13.8. The Kier molecular flexibility index (Phi) is 3.61. The molecular weight excluding hydrogens is 360 g/mol. The first-order chi connectivity index (χ1) is 12.7. The molecule has 0 spiro atoms. The van der Waals surface area contributed by atoms with Gasteiger partial charge in [-0.3, -0.25) is 14.3 Å². The Morgan fingerprint density at radius 2 is 2.08 bits per heavy atom. The monoisotopic (exact) mass is 386 g/mol. The maximum atomic E-state index is 13.2. The van der Waals surface area contributed by atoms with Gasteiger partial charge in [0, 0.05) is 25.7 Å². The van der Waals surface area contributed by atoms with Crippen LogP contribution in [0.4, 0.5) is 0 Å². The van der Waals surface area contributed by atoms with Crippen molar-refractivity contribution in [1.82, 2.24) is 14.7 Å². The highest BCUT2D eigenvalue weighted by molar-refractivity contribution is 7.94. The molecule has 1 fully saturated rings. The number of primary amides is 1. The molecule has 1 aromatic heterocycles. The number of amides is 2. The molecule has 0 bridgehead atoms. The average molecular weight is 386 g/mol. The maximum Gasteiger partial charge on any atom is 0.272 e. The van der Waals surface area contributed by atoms with E-state index in [1.165, 1.54) is 16.6 Å². The summed E-state index contributed by atoms with van der Waals surface area (Å²) in [6, 6.07) is 0. The predicted molar refractivity (Wildman–Crippen MR) is 93.4 cm³/mol. The van der Waals surface area contributed by atoms with Gasteiger partial charge in [0.15, 0.2) is 15.5 Å². The molecule has 10 heteroatoms. The Bertz CT molecular complexity index is 960. The van der Waals surface area contributed by atoms with E-state index < -0.39 is 37.7 Å². The van der Waals surface area contributed by atoms with Crippen molar-refractivity contribution in [3.63, 3.8) is 0 Å². The summed E-state index contributed by atoms with van der Waals surface area (Å²) in [4.78, 5) is 25.9. The third-order valence-electron chi connectivity index (χ3n) is 5.30. The normalized spacial score (nSPS) is 21.1. The zero-order chi connectivity index (χ0) is 21.3. The van der Waals surface area contributed by atoms with Crippen molar-refractivity contribution >= 4 is 21.7 Å². The molecule has 0 radical (unpaired) electrons. The number of rotatable bonds is 6. The Morgan fingerprint density at radius 1 is 1.46 bits per heavy atom. The van der Waals surface area contributed by atoms with E-state index in [2.05, 4.69) is 5.10 Å². The van der Waals surface area contributed by atoms with Crippen LogP contribution in [0.1, 0.15) is 56.0 Å². The van der Waals surface area contributed by atoms with Crippen LogP contribution in [0, 0.1) is 0 Å². The lowest BCUT2D eigenvalue weighted by atomic mass is 10.0. The van der Waals surface area contributed by atoms with Gasteiger partial charge < -0.3 is 15.7 Å². The van der Waals surface area contributed by atoms with E-state index >= 15 is 0 Å². The van der Waals surface area contributed by atoms with Crippen LogP contribution in [0.3, 0.4) is 0 Å². The number of nitrogens with two attached hydrogens (primary N) is 1. The zero-order valence-electron chi connectivity index (χ0n) is 16.9. The van der Waals surface area contributed by atoms with E-state index in [0.717, 1.165) is 13.8 Å². The topological polar surface area (TPSA) is 136 Å². The van der Waals surface area contributed by atoms with Crippen molar-refractivity contribution in [3.8, 4) is 0 Å². The summed E-state index contributed by atoms with van der Waals surface area (Å²) in [5.41, 5.74) is 6.00. The quantitative estimate of drug-likeness (QED) is 0.659. The second kappa shape index (κ2) is 5.78. The SMILES string of the molecule is [2H]C([2H])(O)C(C)(C)S(=O)(=O)C1(CN2CCc3c(C(N)=O)nn(C)c3C2=O)CC1. The number of fused-ring (bicyclic) bond motifs is 1. The van der Waals surface area contributed by atoms with Crippen molar-refractivity contribution in [2.45, 2.75) is 42.6 Å². The molecule has 2 amide bonds. The first kappa shape index (κ1) is 16.2. The number of nitrogens with zero attached hydrogens (tertiary/aromatic N) is 3. The van der Waals surface area contributed by atoms with Crippen LogP contribution in [0.15, 0.2) is 0 Å². The molecule has 1 aromatic rings. The lowest BCUT2D eigenvalue weighted by molar-refractivity contribution is 0.0724. The van der Waals surface area contributed by atoms with Gasteiger partial charge in [0.05, 0.1) is 18.8 Å². The molecule has 2 heterocycles. The van der Waals surface area contributed by atoms with Crippen LogP contribution in [-0.2, 0) is 23.3 Å². The number of sulfone groups is 1. The molecule has 1 aliphatic carbocycles. The van der Waals surface area contributed by atoms with Gasteiger partial charge in [-0.15, -0.1) is 0 Å². The van der Waals surface area contributed by atoms with E-state index in [0.29, 0.717) is 12.0 Å². The molecule has 1 saturated carbocycles. The number of aliphatic hydroxyl groups is 1. The highest BCUT2D eigenvalue weighted by atomic mass is 32.2. The van der Waals surface area contributed by atoms with Gasteiger partial charge in [-0.05, 0) is 33.1 Å². The van der Waals surface area contributed by atoms with Crippen LogP contribution in [0.2, 0.25) is 0 Å². The molecule has 0 atom stereocenters. The molecule has 0 aromatic carbocycles. The van der Waals surface area contributed by atoms with Crippen molar-refractivity contribution in [1.29, 1.82) is 0 Å². The fraction of sp³-hybridized carbons (Fsp3) is 0.688. The minimum absolute atomic E-state index is 0.0360. The van der Waals surface area contributed by atoms with E-state index in [1.807, 2.05) is 0 Å². The number of hydrogen-bond acceptors (Lipinski definition) is 6. The summed E-state index contributed by atoms with van der Waals surface area (Å²) < 4.78 is 39.3. The minimum Gasteiger partial charge on any atom is -0.395 e. The van der Waals surface area contributed by atoms with Gasteiger partial charge in [-0.25, -0.2) is 8.42 Å². The highest BCUT2D eigenvalue weighted by Crippen LogP contribution is 2.49. The van der Waals surface area contributed by atoms with Crippen LogP contribution in [-0.4, -0.2) is 69.2 Å². The molecule has 9 nitrogen and oxygen atoms in total. The van der Waals surface area contributed by atoms with Gasteiger partial charge >= 0.3 is 0 Å². The minimum atomic E-state index is -4.12. The number of carbonyl (C=O) groups is 2. The smallest absolute Gasteiger partial charge is 0.272 e. The molecule has 0 unspecified atom stereocenters. The van der Waals surface area contributed by atoms with Gasteiger partial charge in [0.25, 0.3) is 11.8 Å². The van der Waals surface area contributed by atoms with Gasteiger partial charge in [-0.1, -0.05) is 0 Å². The summed E-state index contributed by atoms with van der Waals surface area (Å²) in [7, 11) is -2.61. The first-order valence-corrected chi connectivity index (χ1v) is 9.76. The van der Waals surface area contributed by atoms with E-state index in [4.69, 9.17) is 8.48 Å². The summed E-state index contributed by atoms with van der Waals surface area (Å²) >= 11 is 0. The Balaban J connectivity index is 1.92. The number of aromatic nitrogens is 2. The van der Waals surface area contributed by atoms with Crippen molar-refractivity contribution in [3.05, 3.63) is 17.0 Å². The van der Waals surface area contributed by atoms with Gasteiger partial charge in [0.1, 0.15) is 5.69 Å². The zero-order valence-corrected chi connectivity index (χ0v) is 15.8. The van der Waals surface area contributed by atoms with E-state index in [1.54, 1.807) is 0 Å². The van der Waals surface area contributed by atoms with Crippen molar-refractivity contribution in [2.24, 2.45) is 12.8 Å². The third-order valence-corrected chi connectivity index (χ3v) is 8.41. The number of carbonyl (C=O) groups excluding carboxylic acids is 2. The number of hydrogen-bond donors (Lipinski definition) is 2. The Labute approximate surface area is 154 Å². The Morgan fingerprint density at radius 3 is 2.58 bits per heavy atom. The molecule has 3 N–H and O–H groups in total. The molecule has 2 aliphatic rings. The van der Waals surface area contributed by atoms with Crippen molar-refractivity contribution in [2.75, 3.05) is 19.6 Å². The summed E-state index contributed by atoms with van der Waals surface area (Å²) in [6.07, 6.45) is 0.875. The largest absolute Gasteiger partial charge is 0.395 e. The van der Waals surface area contributed by atoms with Gasteiger partial charge in [-0.2, -0.15) is 5.10 Å². The number of aryl methyl sites for hydroxylation is 1. The molecule has 0 saturated heterocycles. The molecule has 3 rings (SSSR count). The van der Waals surface area contributed by atoms with E-state index in [9.17, 15) is 23.1 Å². The fourth-order valence-electron chi connectivity index (χ4n) is 3.52. The maximum absolute atomic E-state index is 13.2. The molecular formula is C16H24N4O5S.